The second-order valence-electron chi connectivity index (χ2n) is 4.53. The summed E-state index contributed by atoms with van der Waals surface area (Å²) in [5.41, 5.74) is 0.613. The summed E-state index contributed by atoms with van der Waals surface area (Å²) in [6.45, 7) is 3.64. The average molecular weight is 253 g/mol. The maximum Gasteiger partial charge on any atom is 0.257 e. The smallest absolute Gasteiger partial charge is 0.257 e. The first-order valence-corrected chi connectivity index (χ1v) is 6.27. The summed E-state index contributed by atoms with van der Waals surface area (Å²) in [6.07, 6.45) is 3.31. The van der Waals surface area contributed by atoms with Crippen LogP contribution >= 0.6 is 0 Å². The molecular formula is C13H19NO4. The van der Waals surface area contributed by atoms with Crippen molar-refractivity contribution in [3.63, 3.8) is 0 Å². The summed E-state index contributed by atoms with van der Waals surface area (Å²) in [6, 6.07) is 1.76. The minimum atomic E-state index is 0.0208. The molecule has 1 N–H and O–H groups in total. The molecule has 0 spiro atoms. The fourth-order valence-electron chi connectivity index (χ4n) is 2.18. The van der Waals surface area contributed by atoms with Gasteiger partial charge in [0, 0.05) is 13.1 Å². The van der Waals surface area contributed by atoms with Crippen LogP contribution in [0.25, 0.3) is 0 Å². The van der Waals surface area contributed by atoms with E-state index in [1.54, 1.807) is 6.07 Å². The second kappa shape index (κ2) is 6.02. The van der Waals surface area contributed by atoms with Crippen LogP contribution in [0.15, 0.2) is 16.7 Å². The second-order valence-corrected chi connectivity index (χ2v) is 4.53. The number of aliphatic hydroxyl groups is 1. The molecule has 1 saturated heterocycles. The van der Waals surface area contributed by atoms with E-state index in [2.05, 4.69) is 0 Å². The minimum absolute atomic E-state index is 0.0208. The Bertz CT molecular complexity index is 393. The first-order chi connectivity index (χ1) is 8.70. The van der Waals surface area contributed by atoms with Gasteiger partial charge in [0.1, 0.15) is 12.0 Å². The van der Waals surface area contributed by atoms with Crippen molar-refractivity contribution >= 4 is 5.91 Å². The molecule has 0 unspecified atom stereocenters. The Morgan fingerprint density at radius 2 is 2.28 bits per heavy atom. The standard InChI is InChI=1S/C13H19NO4/c1-10-8-11(9-18-10)13(16)14-4-2-12(3-5-14)17-7-6-15/h8-9,12,15H,2-7H2,1H3. The number of hydrogen-bond donors (Lipinski definition) is 1. The highest BCUT2D eigenvalue weighted by Crippen LogP contribution is 2.17. The zero-order valence-electron chi connectivity index (χ0n) is 10.6. The fraction of sp³-hybridized carbons (Fsp3) is 0.615. The number of amides is 1. The molecule has 2 heterocycles. The van der Waals surface area contributed by atoms with Crippen molar-refractivity contribution in [2.24, 2.45) is 0 Å². The highest BCUT2D eigenvalue weighted by Gasteiger charge is 2.24. The van der Waals surface area contributed by atoms with Gasteiger partial charge in [-0.05, 0) is 25.8 Å². The number of carbonyl (C=O) groups excluding carboxylic acids is 1. The van der Waals surface area contributed by atoms with E-state index < -0.39 is 0 Å². The summed E-state index contributed by atoms with van der Waals surface area (Å²) >= 11 is 0. The van der Waals surface area contributed by atoms with Crippen LogP contribution in [0.2, 0.25) is 0 Å². The predicted octanol–water partition coefficient (Wildman–Crippen LogP) is 1.20. The number of likely N-dealkylation sites (tertiary alicyclic amines) is 1. The first kappa shape index (κ1) is 13.1. The van der Waals surface area contributed by atoms with Gasteiger partial charge < -0.3 is 19.2 Å². The van der Waals surface area contributed by atoms with Crippen molar-refractivity contribution in [1.29, 1.82) is 0 Å². The molecule has 5 nitrogen and oxygen atoms in total. The van der Waals surface area contributed by atoms with E-state index in [1.165, 1.54) is 6.26 Å². The SMILES string of the molecule is Cc1cc(C(=O)N2CCC(OCCO)CC2)co1. The molecule has 18 heavy (non-hydrogen) atoms. The average Bonchev–Trinajstić information content (AvgIpc) is 2.83. The van der Waals surface area contributed by atoms with Crippen molar-refractivity contribution in [1.82, 2.24) is 4.90 Å². The van der Waals surface area contributed by atoms with Gasteiger partial charge in [-0.15, -0.1) is 0 Å². The molecule has 100 valence electrons. The Hall–Kier alpha value is -1.33. The highest BCUT2D eigenvalue weighted by molar-refractivity contribution is 5.94. The van der Waals surface area contributed by atoms with Gasteiger partial charge in [0.05, 0.1) is 24.9 Å². The third-order valence-corrected chi connectivity index (χ3v) is 3.15. The lowest BCUT2D eigenvalue weighted by Gasteiger charge is -2.31. The summed E-state index contributed by atoms with van der Waals surface area (Å²) in [7, 11) is 0. The van der Waals surface area contributed by atoms with E-state index in [0.717, 1.165) is 18.6 Å². The Labute approximate surface area is 106 Å². The summed E-state index contributed by atoms with van der Waals surface area (Å²) in [5, 5.41) is 8.69. The third-order valence-electron chi connectivity index (χ3n) is 3.15. The van der Waals surface area contributed by atoms with Crippen LogP contribution in [0.1, 0.15) is 29.0 Å². The van der Waals surface area contributed by atoms with Crippen LogP contribution in [0.3, 0.4) is 0 Å². The number of rotatable bonds is 4. The Kier molecular flexibility index (Phi) is 4.38. The van der Waals surface area contributed by atoms with E-state index in [9.17, 15) is 4.79 Å². The van der Waals surface area contributed by atoms with E-state index in [0.29, 0.717) is 25.3 Å². The molecule has 2 rings (SSSR count). The summed E-state index contributed by atoms with van der Waals surface area (Å²) in [5.74, 6) is 0.770. The van der Waals surface area contributed by atoms with Gasteiger partial charge in [-0.3, -0.25) is 4.79 Å². The number of ether oxygens (including phenoxy) is 1. The topological polar surface area (TPSA) is 62.9 Å². The van der Waals surface area contributed by atoms with Crippen LogP contribution in [0.5, 0.6) is 0 Å². The zero-order chi connectivity index (χ0) is 13.0. The number of furan rings is 1. The largest absolute Gasteiger partial charge is 0.469 e. The molecule has 1 aromatic rings. The molecule has 1 aliphatic heterocycles. The molecule has 1 aromatic heterocycles. The van der Waals surface area contributed by atoms with Crippen molar-refractivity contribution < 1.29 is 19.1 Å². The lowest BCUT2D eigenvalue weighted by molar-refractivity contribution is -0.00555. The van der Waals surface area contributed by atoms with Crippen LogP contribution in [0.4, 0.5) is 0 Å². The Morgan fingerprint density at radius 3 is 2.83 bits per heavy atom. The summed E-state index contributed by atoms with van der Waals surface area (Å²) < 4.78 is 10.6. The molecule has 0 atom stereocenters. The van der Waals surface area contributed by atoms with Crippen molar-refractivity contribution in [3.8, 4) is 0 Å². The van der Waals surface area contributed by atoms with Gasteiger partial charge >= 0.3 is 0 Å². The first-order valence-electron chi connectivity index (χ1n) is 6.27. The molecule has 1 fully saturated rings. The van der Waals surface area contributed by atoms with Crippen LogP contribution < -0.4 is 0 Å². The Morgan fingerprint density at radius 1 is 1.56 bits per heavy atom. The maximum atomic E-state index is 12.1. The Balaban J connectivity index is 1.84. The van der Waals surface area contributed by atoms with Gasteiger partial charge in [-0.2, -0.15) is 0 Å². The van der Waals surface area contributed by atoms with Gasteiger partial charge in [0.25, 0.3) is 5.91 Å². The van der Waals surface area contributed by atoms with Crippen molar-refractivity contribution in [3.05, 3.63) is 23.7 Å². The van der Waals surface area contributed by atoms with Gasteiger partial charge in [-0.25, -0.2) is 0 Å². The number of hydrogen-bond acceptors (Lipinski definition) is 4. The molecule has 0 bridgehead atoms. The minimum Gasteiger partial charge on any atom is -0.469 e. The van der Waals surface area contributed by atoms with Gasteiger partial charge in [0.2, 0.25) is 0 Å². The van der Waals surface area contributed by atoms with E-state index in [4.69, 9.17) is 14.3 Å². The van der Waals surface area contributed by atoms with Crippen molar-refractivity contribution in [2.45, 2.75) is 25.9 Å². The molecule has 1 amide bonds. The van der Waals surface area contributed by atoms with Crippen molar-refractivity contribution in [2.75, 3.05) is 26.3 Å². The number of carbonyl (C=O) groups is 1. The molecular weight excluding hydrogens is 234 g/mol. The molecule has 1 aliphatic rings. The quantitative estimate of drug-likeness (QED) is 0.875. The number of aryl methyl sites for hydroxylation is 1. The number of aliphatic hydroxyl groups excluding tert-OH is 1. The van der Waals surface area contributed by atoms with E-state index in [1.807, 2.05) is 11.8 Å². The highest BCUT2D eigenvalue weighted by atomic mass is 16.5. The normalized spacial score (nSPS) is 17.1. The molecule has 5 heteroatoms. The predicted molar refractivity (Wildman–Crippen MR) is 65.4 cm³/mol. The lowest BCUT2D eigenvalue weighted by Crippen LogP contribution is -2.41. The monoisotopic (exact) mass is 253 g/mol. The number of nitrogens with zero attached hydrogens (tertiary/aromatic N) is 1. The maximum absolute atomic E-state index is 12.1. The van der Waals surface area contributed by atoms with Crippen LogP contribution in [0, 0.1) is 6.92 Å². The molecule has 0 saturated carbocycles. The number of piperidine rings is 1. The fourth-order valence-corrected chi connectivity index (χ4v) is 2.18. The van der Waals surface area contributed by atoms with Crippen LogP contribution in [-0.2, 0) is 4.74 Å². The molecule has 0 aromatic carbocycles. The third kappa shape index (κ3) is 3.11. The van der Waals surface area contributed by atoms with Gasteiger partial charge in [0.15, 0.2) is 0 Å². The molecule has 0 aliphatic carbocycles. The van der Waals surface area contributed by atoms with E-state index in [-0.39, 0.29) is 18.6 Å². The lowest BCUT2D eigenvalue weighted by atomic mass is 10.1. The van der Waals surface area contributed by atoms with Gasteiger partial charge in [-0.1, -0.05) is 0 Å². The molecule has 0 radical (unpaired) electrons. The van der Waals surface area contributed by atoms with E-state index >= 15 is 0 Å². The summed E-state index contributed by atoms with van der Waals surface area (Å²) in [4.78, 5) is 13.9. The zero-order valence-corrected chi connectivity index (χ0v) is 10.6. The van der Waals surface area contributed by atoms with Crippen LogP contribution in [-0.4, -0.2) is 48.3 Å².